The number of alkyl carbamates (subject to hydrolysis) is 1. The standard InChI is InChI=1S/C13H20N2O4/c1-9-6-11(18-5)10(15(17)8-9)7-14-12(16)19-13(2,3)4/h6,8H,7H2,1-5H3,(H,14,16). The van der Waals surface area contributed by atoms with Gasteiger partial charge in [0, 0.05) is 5.56 Å². The zero-order valence-electron chi connectivity index (χ0n) is 11.9. The molecule has 1 amide bonds. The lowest BCUT2D eigenvalue weighted by molar-refractivity contribution is -0.615. The van der Waals surface area contributed by atoms with Crippen molar-refractivity contribution in [3.8, 4) is 5.75 Å². The number of nitrogens with one attached hydrogen (secondary N) is 1. The highest BCUT2D eigenvalue weighted by Gasteiger charge is 2.19. The number of hydrogen-bond donors (Lipinski definition) is 1. The van der Waals surface area contributed by atoms with E-state index in [9.17, 15) is 10.0 Å². The number of hydrogen-bond acceptors (Lipinski definition) is 4. The lowest BCUT2D eigenvalue weighted by Crippen LogP contribution is -2.38. The van der Waals surface area contributed by atoms with Crippen LogP contribution in [0.15, 0.2) is 12.3 Å². The Bertz CT molecular complexity index is 466. The second-order valence-electron chi connectivity index (χ2n) is 5.21. The van der Waals surface area contributed by atoms with Gasteiger partial charge >= 0.3 is 6.09 Å². The molecule has 6 nitrogen and oxygen atoms in total. The Morgan fingerprint density at radius 1 is 1.47 bits per heavy atom. The molecule has 1 aromatic heterocycles. The van der Waals surface area contributed by atoms with Gasteiger partial charge in [-0.15, -0.1) is 0 Å². The summed E-state index contributed by atoms with van der Waals surface area (Å²) in [5, 5.41) is 14.3. The second-order valence-corrected chi connectivity index (χ2v) is 5.21. The summed E-state index contributed by atoms with van der Waals surface area (Å²) in [6.45, 7) is 7.15. The molecule has 0 fully saturated rings. The predicted octanol–water partition coefficient (Wildman–Crippen LogP) is 1.66. The van der Waals surface area contributed by atoms with Gasteiger partial charge in [0.05, 0.1) is 7.11 Å². The van der Waals surface area contributed by atoms with E-state index in [4.69, 9.17) is 9.47 Å². The molecule has 0 spiro atoms. The molecule has 0 unspecified atom stereocenters. The molecule has 0 aliphatic rings. The van der Waals surface area contributed by atoms with Crippen LogP contribution in [0.2, 0.25) is 0 Å². The molecule has 19 heavy (non-hydrogen) atoms. The van der Waals surface area contributed by atoms with Crippen molar-refractivity contribution < 1.29 is 19.0 Å². The van der Waals surface area contributed by atoms with Crippen molar-refractivity contribution in [2.75, 3.05) is 7.11 Å². The van der Waals surface area contributed by atoms with Crippen LogP contribution in [0.25, 0.3) is 0 Å². The Hall–Kier alpha value is -1.98. The Balaban J connectivity index is 2.75. The van der Waals surface area contributed by atoms with Crippen molar-refractivity contribution in [3.05, 3.63) is 28.7 Å². The van der Waals surface area contributed by atoms with Crippen molar-refractivity contribution >= 4 is 6.09 Å². The number of pyridine rings is 1. The van der Waals surface area contributed by atoms with Crippen molar-refractivity contribution in [2.24, 2.45) is 0 Å². The Morgan fingerprint density at radius 3 is 2.63 bits per heavy atom. The summed E-state index contributed by atoms with van der Waals surface area (Å²) in [7, 11) is 1.48. The molecule has 0 bridgehead atoms. The van der Waals surface area contributed by atoms with Crippen LogP contribution in [0.1, 0.15) is 32.0 Å². The van der Waals surface area contributed by atoms with E-state index in [1.807, 2.05) is 0 Å². The number of carbonyl (C=O) groups is 1. The van der Waals surface area contributed by atoms with Crippen LogP contribution in [0.5, 0.6) is 5.75 Å². The monoisotopic (exact) mass is 268 g/mol. The second kappa shape index (κ2) is 5.77. The Labute approximate surface area is 112 Å². The highest BCUT2D eigenvalue weighted by molar-refractivity contribution is 5.67. The first-order valence-corrected chi connectivity index (χ1v) is 5.96. The van der Waals surface area contributed by atoms with Gasteiger partial charge in [-0.2, -0.15) is 4.73 Å². The van der Waals surface area contributed by atoms with E-state index < -0.39 is 11.7 Å². The Morgan fingerprint density at radius 2 is 2.11 bits per heavy atom. The topological polar surface area (TPSA) is 74.5 Å². The largest absolute Gasteiger partial charge is 0.618 e. The third-order valence-corrected chi connectivity index (χ3v) is 2.25. The van der Waals surface area contributed by atoms with Crippen LogP contribution in [-0.2, 0) is 11.3 Å². The van der Waals surface area contributed by atoms with E-state index in [1.165, 1.54) is 13.3 Å². The van der Waals surface area contributed by atoms with Crippen LogP contribution >= 0.6 is 0 Å². The van der Waals surface area contributed by atoms with Gasteiger partial charge in [0.1, 0.15) is 12.1 Å². The van der Waals surface area contributed by atoms with E-state index in [-0.39, 0.29) is 6.54 Å². The highest BCUT2D eigenvalue weighted by atomic mass is 16.6. The molecule has 0 saturated carbocycles. The molecule has 0 aliphatic carbocycles. The van der Waals surface area contributed by atoms with E-state index in [1.54, 1.807) is 33.8 Å². The zero-order valence-corrected chi connectivity index (χ0v) is 11.9. The summed E-state index contributed by atoms with van der Waals surface area (Å²) in [5.74, 6) is 0.436. The van der Waals surface area contributed by atoms with E-state index in [2.05, 4.69) is 5.32 Å². The third kappa shape index (κ3) is 4.65. The van der Waals surface area contributed by atoms with Gasteiger partial charge in [-0.1, -0.05) is 0 Å². The molecule has 1 heterocycles. The van der Waals surface area contributed by atoms with Crippen LogP contribution in [-0.4, -0.2) is 18.8 Å². The smallest absolute Gasteiger partial charge is 0.408 e. The van der Waals surface area contributed by atoms with Crippen LogP contribution in [0, 0.1) is 12.1 Å². The highest BCUT2D eigenvalue weighted by Crippen LogP contribution is 2.15. The normalized spacial score (nSPS) is 11.0. The summed E-state index contributed by atoms with van der Waals surface area (Å²) < 4.78 is 10.9. The number of nitrogens with zero attached hydrogens (tertiary/aromatic N) is 1. The molecule has 1 rings (SSSR count). The summed E-state index contributed by atoms with van der Waals surface area (Å²) in [4.78, 5) is 11.5. The fourth-order valence-corrected chi connectivity index (χ4v) is 1.51. The molecule has 1 N–H and O–H groups in total. The van der Waals surface area contributed by atoms with Gasteiger partial charge in [0.25, 0.3) is 5.69 Å². The minimum Gasteiger partial charge on any atom is -0.618 e. The fourth-order valence-electron chi connectivity index (χ4n) is 1.51. The molecule has 0 aromatic carbocycles. The number of aromatic nitrogens is 1. The van der Waals surface area contributed by atoms with Gasteiger partial charge in [-0.3, -0.25) is 0 Å². The summed E-state index contributed by atoms with van der Waals surface area (Å²) in [6.07, 6.45) is 0.851. The van der Waals surface area contributed by atoms with Crippen LogP contribution in [0.3, 0.4) is 0 Å². The van der Waals surface area contributed by atoms with Gasteiger partial charge in [0.2, 0.25) is 0 Å². The number of amides is 1. The number of rotatable bonds is 3. The maximum absolute atomic E-state index is 11.8. The molecule has 0 atom stereocenters. The van der Waals surface area contributed by atoms with E-state index in [0.29, 0.717) is 16.2 Å². The summed E-state index contributed by atoms with van der Waals surface area (Å²) in [6, 6.07) is 1.74. The number of aryl methyl sites for hydroxylation is 1. The van der Waals surface area contributed by atoms with Gasteiger partial charge in [-0.05, 0) is 33.8 Å². The van der Waals surface area contributed by atoms with Crippen molar-refractivity contribution in [1.29, 1.82) is 0 Å². The minimum absolute atomic E-state index is 0.0435. The van der Waals surface area contributed by atoms with Crippen molar-refractivity contribution in [2.45, 2.75) is 39.8 Å². The maximum Gasteiger partial charge on any atom is 0.408 e. The zero-order chi connectivity index (χ0) is 14.6. The SMILES string of the molecule is COc1cc(C)c[n+]([O-])c1CNC(=O)OC(C)(C)C. The van der Waals surface area contributed by atoms with Gasteiger partial charge in [-0.25, -0.2) is 4.79 Å². The lowest BCUT2D eigenvalue weighted by Gasteiger charge is -2.19. The minimum atomic E-state index is -0.575. The Kier molecular flexibility index (Phi) is 4.58. The molecule has 0 radical (unpaired) electrons. The molecule has 0 saturated heterocycles. The molecule has 106 valence electrons. The first-order valence-electron chi connectivity index (χ1n) is 5.96. The molecular formula is C13H20N2O4. The van der Waals surface area contributed by atoms with Gasteiger partial charge < -0.3 is 20.0 Å². The van der Waals surface area contributed by atoms with E-state index >= 15 is 0 Å². The first-order chi connectivity index (χ1) is 8.73. The van der Waals surface area contributed by atoms with Crippen molar-refractivity contribution in [3.63, 3.8) is 0 Å². The number of methoxy groups -OCH3 is 1. The van der Waals surface area contributed by atoms with Crippen LogP contribution in [0.4, 0.5) is 4.79 Å². The molecule has 1 aromatic rings. The first kappa shape index (κ1) is 15.1. The average molecular weight is 268 g/mol. The van der Waals surface area contributed by atoms with Gasteiger partial charge in [0.15, 0.2) is 11.9 Å². The molecule has 0 aliphatic heterocycles. The lowest BCUT2D eigenvalue weighted by atomic mass is 10.2. The average Bonchev–Trinajstić information content (AvgIpc) is 2.24. The third-order valence-electron chi connectivity index (χ3n) is 2.25. The number of carbonyl (C=O) groups excluding carboxylic acids is 1. The van der Waals surface area contributed by atoms with Crippen molar-refractivity contribution in [1.82, 2.24) is 5.32 Å². The quantitative estimate of drug-likeness (QED) is 0.668. The number of ether oxygens (including phenoxy) is 2. The van der Waals surface area contributed by atoms with E-state index in [0.717, 1.165) is 5.56 Å². The predicted molar refractivity (Wildman–Crippen MR) is 69.8 cm³/mol. The molecule has 6 heteroatoms. The summed E-state index contributed by atoms with van der Waals surface area (Å²) in [5.41, 5.74) is 0.543. The maximum atomic E-state index is 11.8. The van der Waals surface area contributed by atoms with Crippen LogP contribution < -0.4 is 14.8 Å². The fraction of sp³-hybridized carbons (Fsp3) is 0.538. The molecular weight excluding hydrogens is 248 g/mol. The summed E-state index contributed by atoms with van der Waals surface area (Å²) >= 11 is 0.